The zero-order valence-electron chi connectivity index (χ0n) is 43.2. The van der Waals surface area contributed by atoms with Crippen molar-refractivity contribution in [3.8, 4) is 0 Å². The molecule has 1 amide bonds. The van der Waals surface area contributed by atoms with E-state index in [1.807, 2.05) is 6.08 Å². The lowest BCUT2D eigenvalue weighted by Gasteiger charge is -2.20. The van der Waals surface area contributed by atoms with Crippen LogP contribution in [0, 0.1) is 0 Å². The van der Waals surface area contributed by atoms with E-state index in [1.165, 1.54) is 193 Å². The molecule has 2 unspecified atom stereocenters. The molecule has 0 bridgehead atoms. The standard InChI is InChI=1S/C59H109NO5/c1-3-5-7-9-11-13-15-17-18-19-21-24-28-31-35-39-43-47-51-57(62)56(55-61)60-58(63)52-48-44-40-36-32-29-25-22-20-23-26-30-34-38-42-46-50-54-65-59(64)53-49-45-41-37-33-27-16-14-12-10-8-6-4-2/h8,10,14,16,20,23,47,51,56-57,61-62H,3-7,9,11-13,15,17-19,21-22,24-46,48-50,52-55H2,1-2H3,(H,60,63)/b10-8-,16-14-,23-20-,51-47+. The highest BCUT2D eigenvalue weighted by molar-refractivity contribution is 5.76. The van der Waals surface area contributed by atoms with Gasteiger partial charge < -0.3 is 20.3 Å². The Labute approximate surface area is 404 Å². The molecule has 380 valence electrons. The van der Waals surface area contributed by atoms with Gasteiger partial charge in [-0.25, -0.2) is 0 Å². The van der Waals surface area contributed by atoms with Gasteiger partial charge >= 0.3 is 5.97 Å². The Bertz CT molecular complexity index is 1100. The lowest BCUT2D eigenvalue weighted by Crippen LogP contribution is -2.45. The number of carbonyl (C=O) groups is 2. The van der Waals surface area contributed by atoms with Gasteiger partial charge in [0.05, 0.1) is 25.4 Å². The molecule has 6 nitrogen and oxygen atoms in total. The molecule has 65 heavy (non-hydrogen) atoms. The highest BCUT2D eigenvalue weighted by Crippen LogP contribution is 2.16. The largest absolute Gasteiger partial charge is 0.466 e. The van der Waals surface area contributed by atoms with Crippen LogP contribution in [0.1, 0.15) is 290 Å². The molecule has 0 heterocycles. The van der Waals surface area contributed by atoms with Gasteiger partial charge in [-0.05, 0) is 83.5 Å². The van der Waals surface area contributed by atoms with Gasteiger partial charge in [-0.2, -0.15) is 0 Å². The maximum absolute atomic E-state index is 12.5. The molecule has 0 aromatic carbocycles. The Morgan fingerprint density at radius 1 is 0.431 bits per heavy atom. The van der Waals surface area contributed by atoms with E-state index in [-0.39, 0.29) is 18.5 Å². The predicted molar refractivity (Wildman–Crippen MR) is 282 cm³/mol. The fourth-order valence-electron chi connectivity index (χ4n) is 8.43. The topological polar surface area (TPSA) is 95.9 Å². The Kier molecular flexibility index (Phi) is 52.6. The smallest absolute Gasteiger partial charge is 0.305 e. The number of nitrogens with one attached hydrogen (secondary N) is 1. The van der Waals surface area contributed by atoms with Crippen LogP contribution in [0.2, 0.25) is 0 Å². The van der Waals surface area contributed by atoms with E-state index in [4.69, 9.17) is 4.74 Å². The summed E-state index contributed by atoms with van der Waals surface area (Å²) in [5.41, 5.74) is 0. The van der Waals surface area contributed by atoms with E-state index in [0.717, 1.165) is 70.6 Å². The number of aliphatic hydroxyl groups excluding tert-OH is 2. The first-order chi connectivity index (χ1) is 32.0. The van der Waals surface area contributed by atoms with Gasteiger partial charge in [0.1, 0.15) is 0 Å². The first kappa shape index (κ1) is 62.8. The number of esters is 1. The van der Waals surface area contributed by atoms with Crippen LogP contribution in [0.15, 0.2) is 48.6 Å². The predicted octanol–water partition coefficient (Wildman–Crippen LogP) is 17.4. The van der Waals surface area contributed by atoms with E-state index in [9.17, 15) is 19.8 Å². The highest BCUT2D eigenvalue weighted by atomic mass is 16.5. The van der Waals surface area contributed by atoms with Crippen molar-refractivity contribution in [1.29, 1.82) is 0 Å². The number of amides is 1. The number of unbranched alkanes of at least 4 members (excludes halogenated alkanes) is 35. The summed E-state index contributed by atoms with van der Waals surface area (Å²) in [4.78, 5) is 24.5. The Hall–Kier alpha value is -2.18. The third-order valence-corrected chi connectivity index (χ3v) is 12.8. The van der Waals surface area contributed by atoms with Gasteiger partial charge in [-0.15, -0.1) is 0 Å². The van der Waals surface area contributed by atoms with Gasteiger partial charge in [0.25, 0.3) is 0 Å². The maximum Gasteiger partial charge on any atom is 0.305 e. The van der Waals surface area contributed by atoms with Crippen molar-refractivity contribution in [1.82, 2.24) is 5.32 Å². The number of rotatable bonds is 52. The Balaban J connectivity index is 3.51. The fourth-order valence-corrected chi connectivity index (χ4v) is 8.43. The van der Waals surface area contributed by atoms with Crippen LogP contribution >= 0.6 is 0 Å². The maximum atomic E-state index is 12.5. The first-order valence-corrected chi connectivity index (χ1v) is 28.4. The Morgan fingerprint density at radius 3 is 1.25 bits per heavy atom. The minimum Gasteiger partial charge on any atom is -0.466 e. The van der Waals surface area contributed by atoms with Crippen molar-refractivity contribution < 1.29 is 24.5 Å². The van der Waals surface area contributed by atoms with Crippen molar-refractivity contribution in [3.63, 3.8) is 0 Å². The quantitative estimate of drug-likeness (QED) is 0.0321. The average molecular weight is 913 g/mol. The zero-order chi connectivity index (χ0) is 47.2. The number of hydrogen-bond donors (Lipinski definition) is 3. The van der Waals surface area contributed by atoms with Crippen LogP contribution in [-0.4, -0.2) is 47.4 Å². The molecular weight excluding hydrogens is 803 g/mol. The van der Waals surface area contributed by atoms with Crippen molar-refractivity contribution in [2.24, 2.45) is 0 Å². The van der Waals surface area contributed by atoms with Crippen molar-refractivity contribution >= 4 is 11.9 Å². The van der Waals surface area contributed by atoms with Crippen LogP contribution < -0.4 is 5.32 Å². The molecule has 0 fully saturated rings. The van der Waals surface area contributed by atoms with Crippen LogP contribution in [0.5, 0.6) is 0 Å². The molecule has 0 spiro atoms. The molecule has 2 atom stereocenters. The van der Waals surface area contributed by atoms with Crippen LogP contribution in [0.4, 0.5) is 0 Å². The van der Waals surface area contributed by atoms with E-state index < -0.39 is 12.1 Å². The molecule has 3 N–H and O–H groups in total. The van der Waals surface area contributed by atoms with Crippen molar-refractivity contribution in [2.75, 3.05) is 13.2 Å². The monoisotopic (exact) mass is 912 g/mol. The molecule has 0 radical (unpaired) electrons. The number of carbonyl (C=O) groups excluding carboxylic acids is 2. The number of hydrogen-bond acceptors (Lipinski definition) is 5. The summed E-state index contributed by atoms with van der Waals surface area (Å²) in [5.74, 6) is -0.0985. The molecule has 0 rings (SSSR count). The van der Waals surface area contributed by atoms with Crippen molar-refractivity contribution in [2.45, 2.75) is 302 Å². The second kappa shape index (κ2) is 54.4. The summed E-state index contributed by atoms with van der Waals surface area (Å²) >= 11 is 0. The molecule has 0 saturated carbocycles. The summed E-state index contributed by atoms with van der Waals surface area (Å²) < 4.78 is 5.45. The summed E-state index contributed by atoms with van der Waals surface area (Å²) in [6.07, 6.45) is 68.4. The number of ether oxygens (including phenoxy) is 1. The molecule has 0 aromatic heterocycles. The van der Waals surface area contributed by atoms with Gasteiger partial charge in [0.2, 0.25) is 5.91 Å². The zero-order valence-corrected chi connectivity index (χ0v) is 43.2. The highest BCUT2D eigenvalue weighted by Gasteiger charge is 2.18. The average Bonchev–Trinajstić information content (AvgIpc) is 3.31. The molecular formula is C59H109NO5. The Morgan fingerprint density at radius 2 is 0.800 bits per heavy atom. The van der Waals surface area contributed by atoms with E-state index in [2.05, 4.69) is 55.6 Å². The number of aliphatic hydroxyl groups is 2. The molecule has 6 heteroatoms. The molecule has 0 aromatic rings. The summed E-state index contributed by atoms with van der Waals surface area (Å²) in [6.45, 7) is 4.81. The van der Waals surface area contributed by atoms with E-state index in [0.29, 0.717) is 19.4 Å². The van der Waals surface area contributed by atoms with Gasteiger partial charge in [-0.3, -0.25) is 9.59 Å². The number of allylic oxidation sites excluding steroid dienone is 7. The second-order valence-corrected chi connectivity index (χ2v) is 19.3. The fraction of sp³-hybridized carbons (Fsp3) is 0.831. The summed E-state index contributed by atoms with van der Waals surface area (Å²) in [7, 11) is 0. The SMILES string of the molecule is CCC/C=C\C/C=C\CCCCCCCC(=O)OCCCCCCCC/C=C\CCCCCCCCCC(=O)NC(CO)C(O)/C=C/CCCCCCCCCCCCCCCCCC. The van der Waals surface area contributed by atoms with Crippen LogP contribution in [0.3, 0.4) is 0 Å². The molecule has 0 aliphatic rings. The molecule has 0 saturated heterocycles. The lowest BCUT2D eigenvalue weighted by atomic mass is 10.0. The third kappa shape index (κ3) is 51.1. The van der Waals surface area contributed by atoms with Gasteiger partial charge in [0.15, 0.2) is 0 Å². The lowest BCUT2D eigenvalue weighted by molar-refractivity contribution is -0.143. The van der Waals surface area contributed by atoms with Crippen molar-refractivity contribution in [3.05, 3.63) is 48.6 Å². The second-order valence-electron chi connectivity index (χ2n) is 19.3. The van der Waals surface area contributed by atoms with Gasteiger partial charge in [0, 0.05) is 12.8 Å². The minimum atomic E-state index is -0.854. The minimum absolute atomic E-state index is 0.0186. The van der Waals surface area contributed by atoms with E-state index >= 15 is 0 Å². The third-order valence-electron chi connectivity index (χ3n) is 12.8. The first-order valence-electron chi connectivity index (χ1n) is 28.4. The molecule has 0 aliphatic carbocycles. The molecule has 0 aliphatic heterocycles. The normalized spacial score (nSPS) is 13.0. The van der Waals surface area contributed by atoms with E-state index in [1.54, 1.807) is 6.08 Å². The summed E-state index contributed by atoms with van der Waals surface area (Å²) in [5, 5.41) is 23.1. The van der Waals surface area contributed by atoms with Crippen LogP contribution in [-0.2, 0) is 14.3 Å². The summed E-state index contributed by atoms with van der Waals surface area (Å²) in [6, 6.07) is -0.638. The van der Waals surface area contributed by atoms with Gasteiger partial charge in [-0.1, -0.05) is 242 Å². The van der Waals surface area contributed by atoms with Crippen LogP contribution in [0.25, 0.3) is 0 Å².